The number of benzene rings is 1. The fraction of sp³-hybridized carbons (Fsp3) is 0.476. The Morgan fingerprint density at radius 3 is 2.64 bits per heavy atom. The number of hydrogen-bond acceptors (Lipinski definition) is 4. The number of pyridine rings is 1. The Labute approximate surface area is 151 Å². The number of aryl methyl sites for hydroxylation is 1. The Bertz CT molecular complexity index is 645. The van der Waals surface area contributed by atoms with E-state index in [9.17, 15) is 5.11 Å². The molecular formula is C21H29N3O. The maximum absolute atomic E-state index is 9.75. The molecule has 4 nitrogen and oxygen atoms in total. The van der Waals surface area contributed by atoms with Gasteiger partial charge in [-0.05, 0) is 57.0 Å². The highest BCUT2D eigenvalue weighted by atomic mass is 16.3. The van der Waals surface area contributed by atoms with Gasteiger partial charge in [-0.25, -0.2) is 4.98 Å². The molecule has 1 saturated heterocycles. The molecule has 0 spiro atoms. The van der Waals surface area contributed by atoms with Gasteiger partial charge in [0.25, 0.3) is 0 Å². The van der Waals surface area contributed by atoms with Crippen molar-refractivity contribution in [2.45, 2.75) is 32.3 Å². The number of hydrogen-bond donors (Lipinski definition) is 1. The average Bonchev–Trinajstić information content (AvgIpc) is 2.88. The van der Waals surface area contributed by atoms with Crippen LogP contribution in [0.5, 0.6) is 0 Å². The van der Waals surface area contributed by atoms with Crippen LogP contribution in [0, 0.1) is 0 Å². The topological polar surface area (TPSA) is 39.6 Å². The minimum Gasteiger partial charge on any atom is -0.387 e. The van der Waals surface area contributed by atoms with E-state index >= 15 is 0 Å². The molecule has 1 aromatic heterocycles. The zero-order valence-electron chi connectivity index (χ0n) is 15.1. The summed E-state index contributed by atoms with van der Waals surface area (Å²) in [5, 5.41) is 9.75. The van der Waals surface area contributed by atoms with Crippen molar-refractivity contribution in [1.82, 2.24) is 9.88 Å². The van der Waals surface area contributed by atoms with Crippen molar-refractivity contribution >= 4 is 5.82 Å². The van der Waals surface area contributed by atoms with E-state index in [2.05, 4.69) is 51.2 Å². The monoisotopic (exact) mass is 339 g/mol. The normalized spacial score (nSPS) is 17.3. The van der Waals surface area contributed by atoms with Gasteiger partial charge in [-0.2, -0.15) is 0 Å². The molecule has 1 aromatic carbocycles. The van der Waals surface area contributed by atoms with Crippen LogP contribution in [0.15, 0.2) is 48.5 Å². The lowest BCUT2D eigenvalue weighted by Gasteiger charge is -2.23. The fourth-order valence-electron chi connectivity index (χ4n) is 3.42. The van der Waals surface area contributed by atoms with Crippen molar-refractivity contribution in [3.05, 3.63) is 59.8 Å². The molecule has 1 fully saturated rings. The largest absolute Gasteiger partial charge is 0.387 e. The van der Waals surface area contributed by atoms with Crippen LogP contribution in [0.3, 0.4) is 0 Å². The summed E-state index contributed by atoms with van der Waals surface area (Å²) in [6.07, 6.45) is 3.01. The first-order valence-corrected chi connectivity index (χ1v) is 9.38. The molecule has 3 rings (SSSR count). The quantitative estimate of drug-likeness (QED) is 0.877. The molecule has 0 radical (unpaired) electrons. The zero-order valence-corrected chi connectivity index (χ0v) is 15.1. The SMILES string of the molecule is C[C@H](O)c1cccc(N2CCCN(CCCc3ccccc3)CC2)n1. The summed E-state index contributed by atoms with van der Waals surface area (Å²) in [5.41, 5.74) is 2.18. The van der Waals surface area contributed by atoms with Gasteiger partial charge in [0, 0.05) is 19.6 Å². The van der Waals surface area contributed by atoms with Gasteiger partial charge in [-0.3, -0.25) is 0 Å². The number of aromatic nitrogens is 1. The van der Waals surface area contributed by atoms with Gasteiger partial charge in [0.05, 0.1) is 11.8 Å². The molecular weight excluding hydrogens is 310 g/mol. The van der Waals surface area contributed by atoms with E-state index < -0.39 is 6.10 Å². The fourth-order valence-corrected chi connectivity index (χ4v) is 3.42. The molecule has 0 unspecified atom stereocenters. The molecule has 2 aromatic rings. The Morgan fingerprint density at radius 2 is 1.84 bits per heavy atom. The molecule has 0 bridgehead atoms. The smallest absolute Gasteiger partial charge is 0.128 e. The lowest BCUT2D eigenvalue weighted by Crippen LogP contribution is -2.32. The molecule has 1 aliphatic heterocycles. The number of nitrogens with zero attached hydrogens (tertiary/aromatic N) is 3. The third-order valence-corrected chi connectivity index (χ3v) is 4.88. The number of aliphatic hydroxyl groups excluding tert-OH is 1. The molecule has 25 heavy (non-hydrogen) atoms. The summed E-state index contributed by atoms with van der Waals surface area (Å²) in [6.45, 7) is 7.19. The summed E-state index contributed by atoms with van der Waals surface area (Å²) < 4.78 is 0. The third kappa shape index (κ3) is 5.28. The van der Waals surface area contributed by atoms with Gasteiger partial charge in [0.2, 0.25) is 0 Å². The second-order valence-electron chi connectivity index (χ2n) is 6.87. The maximum atomic E-state index is 9.75. The summed E-state index contributed by atoms with van der Waals surface area (Å²) in [7, 11) is 0. The van der Waals surface area contributed by atoms with Crippen molar-refractivity contribution in [2.75, 3.05) is 37.6 Å². The Morgan fingerprint density at radius 1 is 1.00 bits per heavy atom. The first-order valence-electron chi connectivity index (χ1n) is 9.38. The van der Waals surface area contributed by atoms with E-state index in [4.69, 9.17) is 0 Å². The van der Waals surface area contributed by atoms with Crippen molar-refractivity contribution in [2.24, 2.45) is 0 Å². The Hall–Kier alpha value is -1.91. The molecule has 2 heterocycles. The van der Waals surface area contributed by atoms with Crippen LogP contribution in [0.4, 0.5) is 5.82 Å². The molecule has 134 valence electrons. The van der Waals surface area contributed by atoms with Crippen molar-refractivity contribution in [3.63, 3.8) is 0 Å². The minimum absolute atomic E-state index is 0.513. The Kier molecular flexibility index (Phi) is 6.42. The molecule has 0 amide bonds. The van der Waals surface area contributed by atoms with Crippen LogP contribution < -0.4 is 4.90 Å². The van der Waals surface area contributed by atoms with Crippen LogP contribution in [-0.4, -0.2) is 47.7 Å². The molecule has 1 N–H and O–H groups in total. The second kappa shape index (κ2) is 8.97. The van der Waals surface area contributed by atoms with Gasteiger partial charge < -0.3 is 14.9 Å². The van der Waals surface area contributed by atoms with Gasteiger partial charge >= 0.3 is 0 Å². The molecule has 0 aliphatic carbocycles. The molecule has 1 aliphatic rings. The van der Waals surface area contributed by atoms with E-state index in [1.54, 1.807) is 6.92 Å². The summed E-state index contributed by atoms with van der Waals surface area (Å²) in [6, 6.07) is 16.7. The number of anilines is 1. The minimum atomic E-state index is -0.513. The predicted molar refractivity (Wildman–Crippen MR) is 103 cm³/mol. The predicted octanol–water partition coefficient (Wildman–Crippen LogP) is 3.28. The highest BCUT2D eigenvalue weighted by Crippen LogP contribution is 2.18. The molecule has 4 heteroatoms. The van der Waals surface area contributed by atoms with E-state index in [1.165, 1.54) is 12.0 Å². The van der Waals surface area contributed by atoms with Crippen LogP contribution in [0.1, 0.15) is 37.1 Å². The van der Waals surface area contributed by atoms with Crippen LogP contribution in [0.2, 0.25) is 0 Å². The van der Waals surface area contributed by atoms with E-state index in [-0.39, 0.29) is 0 Å². The van der Waals surface area contributed by atoms with Crippen LogP contribution in [0.25, 0.3) is 0 Å². The van der Waals surface area contributed by atoms with Crippen molar-refractivity contribution in [1.29, 1.82) is 0 Å². The highest BCUT2D eigenvalue weighted by Gasteiger charge is 2.16. The summed E-state index contributed by atoms with van der Waals surface area (Å²) in [4.78, 5) is 9.54. The summed E-state index contributed by atoms with van der Waals surface area (Å²) in [5.74, 6) is 0.990. The first kappa shape index (κ1) is 17.9. The van der Waals surface area contributed by atoms with Gasteiger partial charge in [0.15, 0.2) is 0 Å². The molecule has 1 atom stereocenters. The Balaban J connectivity index is 1.49. The van der Waals surface area contributed by atoms with Gasteiger partial charge in [-0.15, -0.1) is 0 Å². The second-order valence-corrected chi connectivity index (χ2v) is 6.87. The van der Waals surface area contributed by atoms with Crippen LogP contribution in [-0.2, 0) is 6.42 Å². The van der Waals surface area contributed by atoms with Crippen molar-refractivity contribution in [3.8, 4) is 0 Å². The molecule has 0 saturated carbocycles. The van der Waals surface area contributed by atoms with Crippen LogP contribution >= 0.6 is 0 Å². The lowest BCUT2D eigenvalue weighted by atomic mass is 10.1. The summed E-state index contributed by atoms with van der Waals surface area (Å²) >= 11 is 0. The van der Waals surface area contributed by atoms with E-state index in [0.29, 0.717) is 0 Å². The number of rotatable bonds is 6. The standard InChI is InChI=1S/C21H29N3O/c1-18(25)20-11-5-12-21(22-20)24-15-7-14-23(16-17-24)13-6-10-19-8-3-2-4-9-19/h2-5,8-9,11-12,18,25H,6-7,10,13-17H2,1H3/t18-/m0/s1. The van der Waals surface area contributed by atoms with Crippen molar-refractivity contribution < 1.29 is 5.11 Å². The van der Waals surface area contributed by atoms with Gasteiger partial charge in [-0.1, -0.05) is 36.4 Å². The van der Waals surface area contributed by atoms with E-state index in [0.717, 1.165) is 57.1 Å². The lowest BCUT2D eigenvalue weighted by molar-refractivity contribution is 0.194. The third-order valence-electron chi connectivity index (χ3n) is 4.88. The highest BCUT2D eigenvalue weighted by molar-refractivity contribution is 5.39. The average molecular weight is 339 g/mol. The zero-order chi connectivity index (χ0) is 17.5. The number of aliphatic hydroxyl groups is 1. The first-order chi connectivity index (χ1) is 12.2. The van der Waals surface area contributed by atoms with Gasteiger partial charge in [0.1, 0.15) is 5.82 Å². The van der Waals surface area contributed by atoms with E-state index in [1.807, 2.05) is 12.1 Å². The maximum Gasteiger partial charge on any atom is 0.128 e.